The fourth-order valence-electron chi connectivity index (χ4n) is 3.83. The maximum Gasteiger partial charge on any atom is 0.573 e. The highest BCUT2D eigenvalue weighted by molar-refractivity contribution is 6.51. The van der Waals surface area contributed by atoms with Crippen molar-refractivity contribution in [1.29, 1.82) is 0 Å². The van der Waals surface area contributed by atoms with E-state index in [4.69, 9.17) is 0 Å². The molecule has 174 valence electrons. The van der Waals surface area contributed by atoms with Gasteiger partial charge in [-0.05, 0) is 61.0 Å². The lowest BCUT2D eigenvalue weighted by Gasteiger charge is -2.26. The third-order valence-corrected chi connectivity index (χ3v) is 5.27. The summed E-state index contributed by atoms with van der Waals surface area (Å²) in [7, 11) is 0. The molecule has 1 aliphatic heterocycles. The van der Waals surface area contributed by atoms with Gasteiger partial charge in [-0.2, -0.15) is 0 Å². The molecule has 1 saturated heterocycles. The molecule has 0 bridgehead atoms. The van der Waals surface area contributed by atoms with E-state index in [2.05, 4.69) is 4.74 Å². The number of hydrogen-bond acceptors (Lipinski definition) is 4. The molecule has 1 heterocycles. The second-order valence-electron chi connectivity index (χ2n) is 7.63. The van der Waals surface area contributed by atoms with E-state index in [1.165, 1.54) is 24.3 Å². The lowest BCUT2D eigenvalue weighted by molar-refractivity contribution is -0.274. The van der Waals surface area contributed by atoms with Crippen LogP contribution in [0.4, 0.5) is 23.2 Å². The second-order valence-corrected chi connectivity index (χ2v) is 7.63. The number of carbonyl (C=O) groups is 2. The van der Waals surface area contributed by atoms with Gasteiger partial charge < -0.3 is 9.84 Å². The molecule has 0 radical (unpaired) electrons. The van der Waals surface area contributed by atoms with Crippen LogP contribution in [0.2, 0.25) is 0 Å². The Morgan fingerprint density at radius 2 is 1.62 bits per heavy atom. The van der Waals surface area contributed by atoms with Gasteiger partial charge in [0.05, 0.1) is 11.6 Å². The van der Waals surface area contributed by atoms with Crippen molar-refractivity contribution in [3.05, 3.63) is 101 Å². The van der Waals surface area contributed by atoms with Crippen LogP contribution in [0, 0.1) is 12.7 Å². The number of hydrogen-bond donors (Lipinski definition) is 1. The summed E-state index contributed by atoms with van der Waals surface area (Å²) in [5, 5.41) is 10.9. The monoisotopic (exact) mass is 471 g/mol. The molecule has 0 aliphatic carbocycles. The quantitative estimate of drug-likeness (QED) is 0.231. The van der Waals surface area contributed by atoms with E-state index >= 15 is 0 Å². The molecule has 5 nitrogen and oxygen atoms in total. The van der Waals surface area contributed by atoms with Crippen molar-refractivity contribution in [3.63, 3.8) is 0 Å². The molecule has 3 aromatic rings. The molecular formula is C25H17F4NO4. The maximum atomic E-state index is 13.4. The number of alkyl halides is 3. The van der Waals surface area contributed by atoms with Crippen LogP contribution in [0.1, 0.15) is 22.7 Å². The van der Waals surface area contributed by atoms with E-state index in [0.717, 1.165) is 34.7 Å². The zero-order valence-corrected chi connectivity index (χ0v) is 17.6. The van der Waals surface area contributed by atoms with Gasteiger partial charge in [-0.3, -0.25) is 14.5 Å². The molecule has 1 atom stereocenters. The van der Waals surface area contributed by atoms with E-state index in [1.807, 2.05) is 0 Å². The Kier molecular flexibility index (Phi) is 5.87. The molecule has 0 aromatic heterocycles. The molecule has 0 saturated carbocycles. The smallest absolute Gasteiger partial charge is 0.507 e. The normalized spacial score (nSPS) is 17.8. The summed E-state index contributed by atoms with van der Waals surface area (Å²) >= 11 is 0. The number of rotatable bonds is 4. The van der Waals surface area contributed by atoms with Gasteiger partial charge in [-0.15, -0.1) is 13.2 Å². The lowest BCUT2D eigenvalue weighted by Crippen LogP contribution is -2.29. The maximum absolute atomic E-state index is 13.4. The van der Waals surface area contributed by atoms with E-state index in [-0.39, 0.29) is 16.8 Å². The molecular weight excluding hydrogens is 454 g/mol. The topological polar surface area (TPSA) is 66.8 Å². The van der Waals surface area contributed by atoms with Crippen molar-refractivity contribution in [3.8, 4) is 5.75 Å². The number of nitrogens with zero attached hydrogens (tertiary/aromatic N) is 1. The summed E-state index contributed by atoms with van der Waals surface area (Å²) in [5.41, 5.74) is 1.35. The third kappa shape index (κ3) is 4.50. The van der Waals surface area contributed by atoms with Crippen LogP contribution in [0.15, 0.2) is 78.4 Å². The number of halogens is 4. The highest BCUT2D eigenvalue weighted by Crippen LogP contribution is 2.42. The number of benzene rings is 3. The molecule has 1 fully saturated rings. The van der Waals surface area contributed by atoms with Crippen molar-refractivity contribution in [1.82, 2.24) is 0 Å². The average molecular weight is 471 g/mol. The minimum atomic E-state index is -4.89. The number of ether oxygens (including phenoxy) is 1. The molecule has 3 aromatic carbocycles. The molecule has 4 rings (SSSR count). The average Bonchev–Trinajstić information content (AvgIpc) is 3.04. The van der Waals surface area contributed by atoms with Gasteiger partial charge in [0.15, 0.2) is 0 Å². The number of aliphatic hydroxyl groups is 1. The van der Waals surface area contributed by atoms with Gasteiger partial charge in [0.25, 0.3) is 11.7 Å². The van der Waals surface area contributed by atoms with E-state index in [9.17, 15) is 32.3 Å². The highest BCUT2D eigenvalue weighted by atomic mass is 19.4. The Hall–Kier alpha value is -4.14. The van der Waals surface area contributed by atoms with Crippen molar-refractivity contribution in [2.75, 3.05) is 4.90 Å². The van der Waals surface area contributed by atoms with E-state index in [0.29, 0.717) is 5.56 Å². The summed E-state index contributed by atoms with van der Waals surface area (Å²) in [6, 6.07) is 15.1. The van der Waals surface area contributed by atoms with Crippen LogP contribution < -0.4 is 9.64 Å². The van der Waals surface area contributed by atoms with Gasteiger partial charge in [0, 0.05) is 11.3 Å². The number of aryl methyl sites for hydroxylation is 1. The lowest BCUT2D eigenvalue weighted by atomic mass is 9.94. The van der Waals surface area contributed by atoms with Crippen LogP contribution in [-0.4, -0.2) is 23.2 Å². The number of Topliss-reactive ketones (excluding diaryl/α,β-unsaturated/α-hetero) is 1. The number of ketones is 1. The Morgan fingerprint density at radius 1 is 0.971 bits per heavy atom. The van der Waals surface area contributed by atoms with Gasteiger partial charge in [0.1, 0.15) is 17.3 Å². The predicted octanol–water partition coefficient (Wildman–Crippen LogP) is 5.66. The fourth-order valence-corrected chi connectivity index (χ4v) is 3.83. The van der Waals surface area contributed by atoms with E-state index < -0.39 is 41.4 Å². The zero-order valence-electron chi connectivity index (χ0n) is 17.6. The summed E-state index contributed by atoms with van der Waals surface area (Å²) in [6.45, 7) is 1.80. The second kappa shape index (κ2) is 8.66. The van der Waals surface area contributed by atoms with Gasteiger partial charge >= 0.3 is 6.36 Å². The number of amides is 1. The molecule has 1 N–H and O–H groups in total. The Labute approximate surface area is 191 Å². The number of carbonyl (C=O) groups excluding carboxylic acids is 2. The van der Waals surface area contributed by atoms with Crippen molar-refractivity contribution < 1.29 is 37.0 Å². The summed E-state index contributed by atoms with van der Waals surface area (Å²) in [4.78, 5) is 27.2. The van der Waals surface area contributed by atoms with Crippen molar-refractivity contribution in [2.45, 2.75) is 19.3 Å². The first-order valence-electron chi connectivity index (χ1n) is 10.0. The summed E-state index contributed by atoms with van der Waals surface area (Å²) in [5.74, 6) is -3.49. The van der Waals surface area contributed by atoms with Crippen LogP contribution in [-0.2, 0) is 9.59 Å². The van der Waals surface area contributed by atoms with Crippen LogP contribution in [0.5, 0.6) is 5.75 Å². The molecule has 0 spiro atoms. The van der Waals surface area contributed by atoms with Gasteiger partial charge in [-0.1, -0.05) is 29.8 Å². The Morgan fingerprint density at radius 3 is 2.21 bits per heavy atom. The van der Waals surface area contributed by atoms with Gasteiger partial charge in [-0.25, -0.2) is 4.39 Å². The minimum absolute atomic E-state index is 0.126. The van der Waals surface area contributed by atoms with E-state index in [1.54, 1.807) is 31.2 Å². The number of aliphatic hydroxyl groups excluding tert-OH is 1. The largest absolute Gasteiger partial charge is 0.573 e. The third-order valence-electron chi connectivity index (χ3n) is 5.27. The highest BCUT2D eigenvalue weighted by Gasteiger charge is 2.47. The van der Waals surface area contributed by atoms with Crippen LogP contribution in [0.3, 0.4) is 0 Å². The standard InChI is InChI=1S/C25H17F4NO4/c1-14-3-2-4-16(13-14)21-20(22(31)15-5-7-17(26)8-6-15)23(32)24(33)30(21)18-9-11-19(12-10-18)34-25(27,28)29/h2-13,21,31H,1H3/b22-20-. The van der Waals surface area contributed by atoms with Crippen LogP contribution >= 0.6 is 0 Å². The summed E-state index contributed by atoms with van der Waals surface area (Å²) < 4.78 is 54.8. The Balaban J connectivity index is 1.86. The van der Waals surface area contributed by atoms with Crippen molar-refractivity contribution >= 4 is 23.1 Å². The number of anilines is 1. The predicted molar refractivity (Wildman–Crippen MR) is 115 cm³/mol. The molecule has 9 heteroatoms. The molecule has 34 heavy (non-hydrogen) atoms. The SMILES string of the molecule is Cc1cccc(C2/C(=C(/O)c3ccc(F)cc3)C(=O)C(=O)N2c2ccc(OC(F)(F)F)cc2)c1. The van der Waals surface area contributed by atoms with Gasteiger partial charge in [0.2, 0.25) is 0 Å². The summed E-state index contributed by atoms with van der Waals surface area (Å²) in [6.07, 6.45) is -4.89. The Bertz CT molecular complexity index is 1280. The first-order valence-corrected chi connectivity index (χ1v) is 10.0. The molecule has 1 amide bonds. The first-order chi connectivity index (χ1) is 16.0. The minimum Gasteiger partial charge on any atom is -0.507 e. The van der Waals surface area contributed by atoms with Crippen molar-refractivity contribution in [2.24, 2.45) is 0 Å². The van der Waals surface area contributed by atoms with Crippen LogP contribution in [0.25, 0.3) is 5.76 Å². The molecule has 1 aliphatic rings. The first kappa shape index (κ1) is 23.0. The zero-order chi connectivity index (χ0) is 24.6. The molecule has 1 unspecified atom stereocenters. The fraction of sp³-hybridized carbons (Fsp3) is 0.120.